The van der Waals surface area contributed by atoms with Gasteiger partial charge in [0, 0.05) is 34.3 Å². The summed E-state index contributed by atoms with van der Waals surface area (Å²) in [5.74, 6) is -1.23. The van der Waals surface area contributed by atoms with Crippen molar-refractivity contribution in [3.05, 3.63) is 63.6 Å². The van der Waals surface area contributed by atoms with Crippen LogP contribution in [0.4, 0.5) is 5.69 Å². The topological polar surface area (TPSA) is 104 Å². The number of sulfonamides is 1. The van der Waals surface area contributed by atoms with E-state index in [0.29, 0.717) is 34.1 Å². The largest absolute Gasteiger partial charge is 0.354 e. The van der Waals surface area contributed by atoms with E-state index in [9.17, 15) is 22.8 Å². The first-order valence-electron chi connectivity index (χ1n) is 11.5. The molecule has 0 saturated heterocycles. The van der Waals surface area contributed by atoms with Gasteiger partial charge in [0.1, 0.15) is 12.6 Å². The predicted molar refractivity (Wildman–Crippen MR) is 143 cm³/mol. The molecule has 36 heavy (non-hydrogen) atoms. The zero-order valence-corrected chi connectivity index (χ0v) is 23.1. The minimum Gasteiger partial charge on any atom is -0.354 e. The second kappa shape index (κ2) is 13.1. The van der Waals surface area contributed by atoms with E-state index in [1.165, 1.54) is 24.0 Å². The summed E-state index contributed by atoms with van der Waals surface area (Å²) in [6.07, 6.45) is 1.96. The van der Waals surface area contributed by atoms with Gasteiger partial charge in [-0.05, 0) is 44.0 Å². The van der Waals surface area contributed by atoms with E-state index in [2.05, 4.69) is 5.32 Å². The molecule has 0 spiro atoms. The Kier molecular flexibility index (Phi) is 10.8. The van der Waals surface area contributed by atoms with Crippen molar-refractivity contribution < 1.29 is 22.8 Å². The van der Waals surface area contributed by atoms with Gasteiger partial charge in [-0.1, -0.05) is 55.2 Å². The molecule has 8 nitrogen and oxygen atoms in total. The molecule has 2 aromatic carbocycles. The molecule has 0 aliphatic heterocycles. The third-order valence-electron chi connectivity index (χ3n) is 5.55. The van der Waals surface area contributed by atoms with Gasteiger partial charge in [0.25, 0.3) is 0 Å². The van der Waals surface area contributed by atoms with Crippen molar-refractivity contribution in [2.24, 2.45) is 0 Å². The third-order valence-corrected chi connectivity index (χ3v) is 7.39. The highest BCUT2D eigenvalue weighted by Gasteiger charge is 2.32. The number of halogens is 2. The molecule has 11 heteroatoms. The molecule has 2 amide bonds. The highest BCUT2D eigenvalue weighted by atomic mass is 35.5. The van der Waals surface area contributed by atoms with Crippen LogP contribution in [0.3, 0.4) is 0 Å². The Morgan fingerprint density at radius 1 is 1.03 bits per heavy atom. The highest BCUT2D eigenvalue weighted by Crippen LogP contribution is 2.28. The first-order chi connectivity index (χ1) is 16.9. The SMILES string of the molecule is CCCNC(=O)[C@@H](CC)N(Cc1c(Cl)cccc1Cl)C(=O)CN(c1cccc(C(C)=O)c1)S(C)(=O)=O. The highest BCUT2D eigenvalue weighted by molar-refractivity contribution is 7.92. The van der Waals surface area contributed by atoms with Gasteiger partial charge in [-0.3, -0.25) is 18.7 Å². The number of benzene rings is 2. The average molecular weight is 557 g/mol. The molecule has 0 aliphatic carbocycles. The molecule has 0 unspecified atom stereocenters. The lowest BCUT2D eigenvalue weighted by Gasteiger charge is -2.33. The summed E-state index contributed by atoms with van der Waals surface area (Å²) >= 11 is 12.7. The zero-order chi connectivity index (χ0) is 27.0. The second-order valence-electron chi connectivity index (χ2n) is 8.31. The van der Waals surface area contributed by atoms with Gasteiger partial charge in [0.05, 0.1) is 11.9 Å². The molecular weight excluding hydrogens is 525 g/mol. The summed E-state index contributed by atoms with van der Waals surface area (Å²) in [7, 11) is -3.92. The summed E-state index contributed by atoms with van der Waals surface area (Å²) < 4.78 is 26.3. The first kappa shape index (κ1) is 29.6. The van der Waals surface area contributed by atoms with Crippen LogP contribution < -0.4 is 9.62 Å². The summed E-state index contributed by atoms with van der Waals surface area (Å²) in [4.78, 5) is 39.8. The van der Waals surface area contributed by atoms with Crippen LogP contribution in [0.5, 0.6) is 0 Å². The maximum atomic E-state index is 13.7. The number of hydrogen-bond donors (Lipinski definition) is 1. The molecular formula is C25H31Cl2N3O5S. The quantitative estimate of drug-likeness (QED) is 0.393. The van der Waals surface area contributed by atoms with Gasteiger partial charge >= 0.3 is 0 Å². The number of Topliss-reactive ketones (excluding diaryl/α,β-unsaturated/α-hetero) is 1. The van der Waals surface area contributed by atoms with Gasteiger partial charge < -0.3 is 10.2 Å². The Bertz CT molecular complexity index is 1200. The minimum absolute atomic E-state index is 0.0967. The average Bonchev–Trinajstić information content (AvgIpc) is 2.81. The van der Waals surface area contributed by atoms with Gasteiger partial charge in [0.2, 0.25) is 21.8 Å². The predicted octanol–water partition coefficient (Wildman–Crippen LogP) is 4.30. The van der Waals surface area contributed by atoms with E-state index in [4.69, 9.17) is 23.2 Å². The van der Waals surface area contributed by atoms with Gasteiger partial charge in [-0.15, -0.1) is 0 Å². The zero-order valence-electron chi connectivity index (χ0n) is 20.8. The van der Waals surface area contributed by atoms with Crippen molar-refractivity contribution in [1.29, 1.82) is 0 Å². The lowest BCUT2D eigenvalue weighted by molar-refractivity contribution is -0.140. The van der Waals surface area contributed by atoms with Crippen LogP contribution >= 0.6 is 23.2 Å². The first-order valence-corrected chi connectivity index (χ1v) is 14.1. The molecule has 0 aromatic heterocycles. The third kappa shape index (κ3) is 7.69. The number of nitrogens with zero attached hydrogens (tertiary/aromatic N) is 2. The van der Waals surface area contributed by atoms with Crippen LogP contribution in [0.1, 0.15) is 49.5 Å². The fourth-order valence-corrected chi connectivity index (χ4v) is 4.99. The smallest absolute Gasteiger partial charge is 0.244 e. The monoisotopic (exact) mass is 555 g/mol. The molecule has 0 saturated carbocycles. The van der Waals surface area contributed by atoms with E-state index in [-0.39, 0.29) is 30.3 Å². The van der Waals surface area contributed by atoms with Crippen LogP contribution in [-0.2, 0) is 26.2 Å². The van der Waals surface area contributed by atoms with Crippen LogP contribution in [0, 0.1) is 0 Å². The summed E-state index contributed by atoms with van der Waals surface area (Å²) in [5.41, 5.74) is 0.914. The van der Waals surface area contributed by atoms with Crippen molar-refractivity contribution >= 4 is 56.5 Å². The lowest BCUT2D eigenvalue weighted by atomic mass is 10.1. The van der Waals surface area contributed by atoms with Crippen molar-refractivity contribution in [1.82, 2.24) is 10.2 Å². The fourth-order valence-electron chi connectivity index (χ4n) is 3.63. The molecule has 0 radical (unpaired) electrons. The van der Waals surface area contributed by atoms with Gasteiger partial charge in [-0.2, -0.15) is 0 Å². The number of carbonyl (C=O) groups excluding carboxylic acids is 3. The number of carbonyl (C=O) groups is 3. The van der Waals surface area contributed by atoms with Crippen molar-refractivity contribution in [3.63, 3.8) is 0 Å². The standard InChI is InChI=1S/C25H31Cl2N3O5S/c1-5-13-28-25(33)23(6-2)29(15-20-21(26)11-8-12-22(20)27)24(32)16-30(36(4,34)35)19-10-7-9-18(14-19)17(3)31/h7-12,14,23H,5-6,13,15-16H2,1-4H3,(H,28,33)/t23-/m1/s1. The van der Waals surface area contributed by atoms with E-state index in [1.54, 1.807) is 37.3 Å². The van der Waals surface area contributed by atoms with Crippen LogP contribution in [0.2, 0.25) is 10.0 Å². The maximum absolute atomic E-state index is 13.7. The molecule has 0 aliphatic rings. The van der Waals surface area contributed by atoms with Crippen LogP contribution in [0.15, 0.2) is 42.5 Å². The summed E-state index contributed by atoms with van der Waals surface area (Å²) in [6.45, 7) is 4.78. The maximum Gasteiger partial charge on any atom is 0.244 e. The molecule has 1 atom stereocenters. The Hall–Kier alpha value is -2.62. The molecule has 1 N–H and O–H groups in total. The lowest BCUT2D eigenvalue weighted by Crippen LogP contribution is -2.52. The molecule has 0 bridgehead atoms. The Morgan fingerprint density at radius 2 is 1.64 bits per heavy atom. The summed E-state index contributed by atoms with van der Waals surface area (Å²) in [6, 6.07) is 10.0. The van der Waals surface area contributed by atoms with E-state index in [1.807, 2.05) is 6.92 Å². The normalized spacial score (nSPS) is 12.1. The summed E-state index contributed by atoms with van der Waals surface area (Å²) in [5, 5.41) is 3.44. The Balaban J connectivity index is 2.52. The van der Waals surface area contributed by atoms with Gasteiger partial charge in [-0.25, -0.2) is 8.42 Å². The number of ketones is 1. The van der Waals surface area contributed by atoms with Crippen molar-refractivity contribution in [2.75, 3.05) is 23.7 Å². The van der Waals surface area contributed by atoms with Crippen LogP contribution in [0.25, 0.3) is 0 Å². The van der Waals surface area contributed by atoms with Crippen molar-refractivity contribution in [3.8, 4) is 0 Å². The van der Waals surface area contributed by atoms with E-state index < -0.39 is 28.5 Å². The molecule has 0 heterocycles. The number of nitrogens with one attached hydrogen (secondary N) is 1. The molecule has 2 aromatic rings. The van der Waals surface area contributed by atoms with Crippen molar-refractivity contribution in [2.45, 2.75) is 46.2 Å². The Morgan fingerprint density at radius 3 is 2.17 bits per heavy atom. The van der Waals surface area contributed by atoms with E-state index in [0.717, 1.165) is 10.6 Å². The number of hydrogen-bond acceptors (Lipinski definition) is 5. The number of rotatable bonds is 12. The van der Waals surface area contributed by atoms with Crippen LogP contribution in [-0.4, -0.2) is 56.3 Å². The number of anilines is 1. The second-order valence-corrected chi connectivity index (χ2v) is 11.0. The minimum atomic E-state index is -3.92. The van der Waals surface area contributed by atoms with Gasteiger partial charge in [0.15, 0.2) is 5.78 Å². The molecule has 196 valence electrons. The molecule has 0 fully saturated rings. The van der Waals surface area contributed by atoms with E-state index >= 15 is 0 Å². The Labute approximate surface area is 222 Å². The molecule has 2 rings (SSSR count). The number of amides is 2. The fraction of sp³-hybridized carbons (Fsp3) is 0.400.